The fourth-order valence-corrected chi connectivity index (χ4v) is 2.71. The average Bonchev–Trinajstić information content (AvgIpc) is 2.86. The zero-order valence-corrected chi connectivity index (χ0v) is 12.4. The molecule has 2 aromatic rings. The Hall–Kier alpha value is -2.27. The van der Waals surface area contributed by atoms with Gasteiger partial charge in [0, 0.05) is 0 Å². The van der Waals surface area contributed by atoms with Gasteiger partial charge in [-0.25, -0.2) is 4.99 Å². The summed E-state index contributed by atoms with van der Waals surface area (Å²) in [4.78, 5) is 17.1. The van der Waals surface area contributed by atoms with Crippen LogP contribution in [0.25, 0.3) is 0 Å². The van der Waals surface area contributed by atoms with Crippen molar-refractivity contribution in [1.29, 1.82) is 0 Å². The first kappa shape index (κ1) is 13.7. The van der Waals surface area contributed by atoms with Crippen molar-refractivity contribution in [3.63, 3.8) is 0 Å². The van der Waals surface area contributed by atoms with Gasteiger partial charge in [-0.15, -0.1) is 0 Å². The lowest BCUT2D eigenvalue weighted by molar-refractivity contribution is -0.126. The molecule has 3 rings (SSSR count). The summed E-state index contributed by atoms with van der Waals surface area (Å²) in [5.41, 5.74) is 4.89. The van der Waals surface area contributed by atoms with Gasteiger partial charge in [0.05, 0.1) is 5.69 Å². The lowest BCUT2D eigenvalue weighted by atomic mass is 10.1. The van der Waals surface area contributed by atoms with Crippen LogP contribution < -0.4 is 5.43 Å². The number of para-hydroxylation sites is 1. The molecule has 2 aromatic carbocycles. The molecule has 1 aliphatic heterocycles. The monoisotopic (exact) mass is 297 g/mol. The number of thioether (sulfide) groups is 1. The topological polar surface area (TPSA) is 44.7 Å². The Kier molecular flexibility index (Phi) is 3.92. The molecule has 0 spiro atoms. The zero-order chi connectivity index (χ0) is 14.7. The van der Waals surface area contributed by atoms with Crippen molar-refractivity contribution in [2.75, 3.05) is 11.7 Å². The molecule has 0 saturated carbocycles. The van der Waals surface area contributed by atoms with E-state index >= 15 is 0 Å². The first-order valence-electron chi connectivity index (χ1n) is 6.62. The summed E-state index contributed by atoms with van der Waals surface area (Å²) >= 11 is 1.45. The molecular weight excluding hydrogens is 282 g/mol. The third-order valence-electron chi connectivity index (χ3n) is 3.20. The van der Waals surface area contributed by atoms with E-state index in [-0.39, 0.29) is 5.91 Å². The Morgan fingerprint density at radius 1 is 1.05 bits per heavy atom. The molecule has 1 unspecified atom stereocenters. The highest BCUT2D eigenvalue weighted by Crippen LogP contribution is 2.29. The second-order valence-corrected chi connectivity index (χ2v) is 5.35. The van der Waals surface area contributed by atoms with E-state index in [0.29, 0.717) is 5.17 Å². The fraction of sp³-hybridized carbons (Fsp3) is 0.125. The minimum atomic E-state index is -0.468. The number of hydrazine groups is 1. The Morgan fingerprint density at radius 2 is 1.67 bits per heavy atom. The molecule has 106 valence electrons. The first-order chi connectivity index (χ1) is 10.3. The van der Waals surface area contributed by atoms with Crippen molar-refractivity contribution in [3.05, 3.63) is 66.2 Å². The van der Waals surface area contributed by atoms with Gasteiger partial charge in [-0.1, -0.05) is 60.3 Å². The smallest absolute Gasteiger partial charge is 0.276 e. The van der Waals surface area contributed by atoms with Crippen LogP contribution in [0, 0.1) is 0 Å². The lowest BCUT2D eigenvalue weighted by Crippen LogP contribution is -2.36. The highest BCUT2D eigenvalue weighted by molar-refractivity contribution is 8.13. The molecular formula is C16H15N3OS. The van der Waals surface area contributed by atoms with Crippen LogP contribution in [-0.2, 0) is 4.79 Å². The van der Waals surface area contributed by atoms with Crippen LogP contribution in [0.15, 0.2) is 65.7 Å². The van der Waals surface area contributed by atoms with Gasteiger partial charge in [0.15, 0.2) is 11.2 Å². The normalized spacial score (nSPS) is 17.8. The molecule has 1 N–H and O–H groups in total. The second-order valence-electron chi connectivity index (χ2n) is 4.58. The predicted octanol–water partition coefficient (Wildman–Crippen LogP) is 3.32. The largest absolute Gasteiger partial charge is 0.289 e. The maximum atomic E-state index is 12.6. The van der Waals surface area contributed by atoms with Crippen LogP contribution in [0.3, 0.4) is 0 Å². The molecule has 1 heterocycles. The van der Waals surface area contributed by atoms with E-state index in [1.165, 1.54) is 16.8 Å². The van der Waals surface area contributed by atoms with Gasteiger partial charge in [0.2, 0.25) is 0 Å². The number of anilines is 1. The molecule has 5 heteroatoms. The SMILES string of the molecule is CSC1=NC(c2ccccc2)C(=O)N1Nc1ccccc1. The molecule has 1 aliphatic rings. The van der Waals surface area contributed by atoms with E-state index in [0.717, 1.165) is 11.3 Å². The summed E-state index contributed by atoms with van der Waals surface area (Å²) in [6, 6.07) is 18.8. The summed E-state index contributed by atoms with van der Waals surface area (Å²) in [6.07, 6.45) is 1.92. The van der Waals surface area contributed by atoms with Crippen molar-refractivity contribution in [2.45, 2.75) is 6.04 Å². The standard InChI is InChI=1S/C16H15N3OS/c1-21-16-17-14(12-8-4-2-5-9-12)15(20)19(16)18-13-10-6-3-7-11-13/h2-11,14,18H,1H3. The van der Waals surface area contributed by atoms with Gasteiger partial charge in [0.25, 0.3) is 5.91 Å². The molecule has 1 atom stereocenters. The van der Waals surface area contributed by atoms with E-state index in [1.54, 1.807) is 0 Å². The number of carbonyl (C=O) groups is 1. The Morgan fingerprint density at radius 3 is 2.29 bits per heavy atom. The van der Waals surface area contributed by atoms with Crippen molar-refractivity contribution in [1.82, 2.24) is 5.01 Å². The molecule has 0 radical (unpaired) electrons. The lowest BCUT2D eigenvalue weighted by Gasteiger charge is -2.20. The van der Waals surface area contributed by atoms with Gasteiger partial charge in [-0.05, 0) is 24.0 Å². The Balaban J connectivity index is 1.86. The molecule has 0 fully saturated rings. The number of aliphatic imine (C=N–C) groups is 1. The third kappa shape index (κ3) is 2.78. The van der Waals surface area contributed by atoms with Gasteiger partial charge in [0.1, 0.15) is 0 Å². The van der Waals surface area contributed by atoms with Gasteiger partial charge in [-0.2, -0.15) is 5.01 Å². The van der Waals surface area contributed by atoms with Crippen molar-refractivity contribution >= 4 is 28.5 Å². The number of rotatable bonds is 3. The van der Waals surface area contributed by atoms with E-state index in [1.807, 2.05) is 66.9 Å². The minimum absolute atomic E-state index is 0.0607. The zero-order valence-electron chi connectivity index (χ0n) is 11.6. The quantitative estimate of drug-likeness (QED) is 0.945. The number of nitrogens with one attached hydrogen (secondary N) is 1. The van der Waals surface area contributed by atoms with E-state index < -0.39 is 6.04 Å². The average molecular weight is 297 g/mol. The van der Waals surface area contributed by atoms with Crippen LogP contribution in [0.2, 0.25) is 0 Å². The molecule has 0 saturated heterocycles. The first-order valence-corrected chi connectivity index (χ1v) is 7.84. The number of amides is 1. The highest BCUT2D eigenvalue weighted by Gasteiger charge is 2.35. The summed E-state index contributed by atoms with van der Waals surface area (Å²) in [7, 11) is 0. The number of amidine groups is 1. The second kappa shape index (κ2) is 6.01. The fourth-order valence-electron chi connectivity index (χ4n) is 2.18. The molecule has 21 heavy (non-hydrogen) atoms. The molecule has 1 amide bonds. The maximum absolute atomic E-state index is 12.6. The molecule has 0 aliphatic carbocycles. The summed E-state index contributed by atoms with van der Waals surface area (Å²) in [6.45, 7) is 0. The number of carbonyl (C=O) groups excluding carboxylic acids is 1. The molecule has 0 aromatic heterocycles. The molecule has 4 nitrogen and oxygen atoms in total. The van der Waals surface area contributed by atoms with Crippen LogP contribution in [0.5, 0.6) is 0 Å². The van der Waals surface area contributed by atoms with Crippen molar-refractivity contribution in [3.8, 4) is 0 Å². The van der Waals surface area contributed by atoms with E-state index in [4.69, 9.17) is 0 Å². The minimum Gasteiger partial charge on any atom is -0.289 e. The Bertz CT molecular complexity index is 658. The highest BCUT2D eigenvalue weighted by atomic mass is 32.2. The van der Waals surface area contributed by atoms with E-state index in [9.17, 15) is 4.79 Å². The summed E-state index contributed by atoms with van der Waals surface area (Å²) in [5.74, 6) is -0.0607. The number of hydrogen-bond donors (Lipinski definition) is 1. The third-order valence-corrected chi connectivity index (χ3v) is 3.85. The molecule has 0 bridgehead atoms. The van der Waals surface area contributed by atoms with Gasteiger partial charge < -0.3 is 0 Å². The van der Waals surface area contributed by atoms with Crippen molar-refractivity contribution < 1.29 is 4.79 Å². The van der Waals surface area contributed by atoms with Gasteiger partial charge in [-0.3, -0.25) is 10.2 Å². The summed E-state index contributed by atoms with van der Waals surface area (Å²) < 4.78 is 0. The summed E-state index contributed by atoms with van der Waals surface area (Å²) in [5, 5.41) is 2.20. The van der Waals surface area contributed by atoms with Crippen molar-refractivity contribution in [2.24, 2.45) is 4.99 Å². The van der Waals surface area contributed by atoms with Gasteiger partial charge >= 0.3 is 0 Å². The van der Waals surface area contributed by atoms with E-state index in [2.05, 4.69) is 10.4 Å². The van der Waals surface area contributed by atoms with Crippen LogP contribution in [-0.4, -0.2) is 22.3 Å². The Labute approximate surface area is 127 Å². The van der Waals surface area contributed by atoms with Crippen LogP contribution >= 0.6 is 11.8 Å². The van der Waals surface area contributed by atoms with Crippen LogP contribution in [0.1, 0.15) is 11.6 Å². The number of nitrogens with zero attached hydrogens (tertiary/aromatic N) is 2. The number of benzene rings is 2. The van der Waals surface area contributed by atoms with Crippen LogP contribution in [0.4, 0.5) is 5.69 Å². The maximum Gasteiger partial charge on any atom is 0.276 e. The predicted molar refractivity (Wildman–Crippen MR) is 87.0 cm³/mol. The number of hydrogen-bond acceptors (Lipinski definition) is 4.